The van der Waals surface area contributed by atoms with Gasteiger partial charge in [-0.15, -0.1) is 0 Å². The summed E-state index contributed by atoms with van der Waals surface area (Å²) in [5.41, 5.74) is 9.98. The molecule has 0 heterocycles. The molecule has 4 N–H and O–H groups in total. The van der Waals surface area contributed by atoms with Gasteiger partial charge in [-0.1, -0.05) is 36.4 Å². The van der Waals surface area contributed by atoms with Crippen LogP contribution in [0.15, 0.2) is 36.4 Å². The average molecular weight is 441 g/mol. The van der Waals surface area contributed by atoms with Crippen molar-refractivity contribution in [3.8, 4) is 0 Å². The van der Waals surface area contributed by atoms with Crippen LogP contribution in [-0.2, 0) is 24.3 Å². The van der Waals surface area contributed by atoms with Crippen molar-refractivity contribution in [2.24, 2.45) is 11.5 Å². The summed E-state index contributed by atoms with van der Waals surface area (Å²) in [6, 6.07) is 11.1. The monoisotopic (exact) mass is 442 g/mol. The Balaban J connectivity index is -0.000000242. The van der Waals surface area contributed by atoms with Gasteiger partial charge in [0, 0.05) is 6.04 Å². The first kappa shape index (κ1) is 26.2. The van der Waals surface area contributed by atoms with Crippen molar-refractivity contribution in [1.82, 2.24) is 0 Å². The molecule has 0 radical (unpaired) electrons. The molecular weight excluding hydrogens is 426 g/mol. The quantitative estimate of drug-likeness (QED) is 0.429. The molecule has 0 saturated carbocycles. The molecule has 0 spiro atoms. The minimum atomic E-state index is -10.7. The number of benzene rings is 1. The van der Waals surface area contributed by atoms with Crippen LogP contribution in [0, 0.1) is 0 Å². The zero-order chi connectivity index (χ0) is 17.2. The van der Waals surface area contributed by atoms with Gasteiger partial charge in [0.05, 0.1) is 5.97 Å². The van der Waals surface area contributed by atoms with Gasteiger partial charge in [-0.2, -0.15) is 0 Å². The first-order valence-electron chi connectivity index (χ1n) is 5.36. The van der Waals surface area contributed by atoms with E-state index in [2.05, 4.69) is 0 Å². The van der Waals surface area contributed by atoms with E-state index < -0.39 is 19.8 Å². The van der Waals surface area contributed by atoms with E-state index in [4.69, 9.17) is 11.5 Å². The van der Waals surface area contributed by atoms with E-state index >= 15 is 0 Å². The number of hydrogen-bond donors (Lipinski definition) is 2. The summed E-state index contributed by atoms with van der Waals surface area (Å²) < 4.78 is 59.2. The molecule has 1 atom stereocenters. The fourth-order valence-corrected chi connectivity index (χ4v) is 0.682. The minimum Gasteiger partial charge on any atom is -0.548 e. The van der Waals surface area contributed by atoms with Crippen molar-refractivity contribution in [2.45, 2.75) is 12.5 Å². The number of carbonyl (C=O) groups excluding carboxylic acids is 1. The van der Waals surface area contributed by atoms with Crippen molar-refractivity contribution in [2.75, 3.05) is 6.54 Å². The molecule has 0 bridgehead atoms. The van der Waals surface area contributed by atoms with Gasteiger partial charge in [-0.3, -0.25) is 0 Å². The normalized spacial score (nSPS) is 14.4. The molecule has 0 aromatic heterocycles. The van der Waals surface area contributed by atoms with Crippen LogP contribution in [0.5, 0.6) is 0 Å². The van der Waals surface area contributed by atoms with Gasteiger partial charge in [0.1, 0.15) is 0 Å². The van der Waals surface area contributed by atoms with Gasteiger partial charge in [-0.05, 0) is 13.0 Å². The van der Waals surface area contributed by atoms with E-state index in [-0.39, 0.29) is 32.4 Å². The summed E-state index contributed by atoms with van der Waals surface area (Å²) >= 11 is 0. The predicted molar refractivity (Wildman–Crippen MR) is 66.7 cm³/mol. The van der Waals surface area contributed by atoms with Crippen LogP contribution in [-0.4, -0.2) is 18.6 Å². The summed E-state index contributed by atoms with van der Waals surface area (Å²) in [4.78, 5) is 9.80. The van der Waals surface area contributed by atoms with Crippen molar-refractivity contribution < 1.29 is 54.6 Å². The minimum absolute atomic E-state index is 0. The fourth-order valence-electron chi connectivity index (χ4n) is 0.682. The Morgan fingerprint density at radius 1 is 0.955 bits per heavy atom. The first-order chi connectivity index (χ1) is 9.13. The van der Waals surface area contributed by atoms with Crippen molar-refractivity contribution in [3.63, 3.8) is 0 Å². The molecule has 12 heteroatoms. The fraction of sp³-hybridized carbons (Fsp3) is 0.300. The molecule has 1 aromatic rings. The molecule has 1 rings (SSSR count). The van der Waals surface area contributed by atoms with Gasteiger partial charge in [0.2, 0.25) is 0 Å². The maximum atomic E-state index is 9.87. The predicted octanol–water partition coefficient (Wildman–Crippen LogP) is 2.48. The number of hydrogen-bond acceptors (Lipinski definition) is 4. The zero-order valence-corrected chi connectivity index (χ0v) is 13.6. The third-order valence-electron chi connectivity index (χ3n) is 1.45. The maximum Gasteiger partial charge on any atom is 4.00 e. The third kappa shape index (κ3) is 42.7. The Hall–Kier alpha value is -0.757. The van der Waals surface area contributed by atoms with E-state index in [0.717, 1.165) is 0 Å². The van der Waals surface area contributed by atoms with Gasteiger partial charge >= 0.3 is 52.5 Å². The van der Waals surface area contributed by atoms with Gasteiger partial charge in [0.25, 0.3) is 0 Å². The maximum absolute atomic E-state index is 10.7. The molecule has 0 fully saturated rings. The Kier molecular flexibility index (Phi) is 11.2. The van der Waals surface area contributed by atoms with Gasteiger partial charge < -0.3 is 21.4 Å². The molecule has 0 aliphatic carbocycles. The second kappa shape index (κ2) is 9.40. The van der Waals surface area contributed by atoms with E-state index in [9.17, 15) is 35.1 Å². The molecule has 0 unspecified atom stereocenters. The molecule has 130 valence electrons. The zero-order valence-electron chi connectivity index (χ0n) is 11.0. The summed E-state index contributed by atoms with van der Waals surface area (Å²) in [7, 11) is -10.7. The molecule has 4 nitrogen and oxygen atoms in total. The van der Waals surface area contributed by atoms with Crippen LogP contribution in [0.2, 0.25) is 0 Å². The molecule has 0 amide bonds. The van der Waals surface area contributed by atoms with Crippen LogP contribution in [0.3, 0.4) is 0 Å². The second-order valence-electron chi connectivity index (χ2n) is 3.62. The molecule has 22 heavy (non-hydrogen) atoms. The Morgan fingerprint density at radius 2 is 1.18 bits per heavy atom. The summed E-state index contributed by atoms with van der Waals surface area (Å²) in [6.07, 6.45) is 0.280. The summed E-state index contributed by atoms with van der Waals surface area (Å²) in [5, 5.41) is 9.80. The van der Waals surface area contributed by atoms with Crippen molar-refractivity contribution in [1.29, 1.82) is 0 Å². The standard InChI is InChI=1S/C6H6.C4H10N2O2.F6P.Ru/c1-2-4-6-5-3-1;5-2-1-3(6)4(7)8;1-7(2,3,4,5)6;/h1-6H;3H,1-2,5-6H2,(H,7,8);;/q;;-1;+4/p-1/t;3-;;/m.0../s1. The van der Waals surface area contributed by atoms with Crippen LogP contribution < -0.4 is 16.6 Å². The molecule has 1 aromatic carbocycles. The van der Waals surface area contributed by atoms with Gasteiger partial charge in [-0.25, -0.2) is 0 Å². The van der Waals surface area contributed by atoms with E-state index in [1.54, 1.807) is 0 Å². The third-order valence-corrected chi connectivity index (χ3v) is 1.45. The number of aliphatic carboxylic acids is 1. The second-order valence-corrected chi connectivity index (χ2v) is 5.53. The van der Waals surface area contributed by atoms with Crippen LogP contribution in [0.4, 0.5) is 25.2 Å². The molecule has 0 aliphatic rings. The van der Waals surface area contributed by atoms with E-state index in [1.807, 2.05) is 36.4 Å². The van der Waals surface area contributed by atoms with Gasteiger partial charge in [0.15, 0.2) is 0 Å². The smallest absolute Gasteiger partial charge is 0.548 e. The van der Waals surface area contributed by atoms with Crippen molar-refractivity contribution in [3.05, 3.63) is 36.4 Å². The van der Waals surface area contributed by atoms with Crippen LogP contribution >= 0.6 is 7.81 Å². The Morgan fingerprint density at radius 3 is 1.27 bits per heavy atom. The molecule has 0 aliphatic heterocycles. The largest absolute Gasteiger partial charge is 4.00 e. The number of halogens is 6. The molecular formula is C10H15F6N2O2PRu+2. The average Bonchev–Trinajstić information content (AvgIpc) is 2.28. The Labute approximate surface area is 135 Å². The summed E-state index contributed by atoms with van der Waals surface area (Å²) in [5.74, 6) is -1.24. The first-order valence-corrected chi connectivity index (χ1v) is 7.39. The number of nitrogens with two attached hydrogens (primary N) is 2. The van der Waals surface area contributed by atoms with Crippen molar-refractivity contribution >= 4 is 13.8 Å². The molecule has 0 saturated heterocycles. The number of carboxylic acids is 1. The number of carbonyl (C=O) groups is 1. The van der Waals surface area contributed by atoms with Crippen LogP contribution in [0.1, 0.15) is 6.42 Å². The summed E-state index contributed by atoms with van der Waals surface area (Å²) in [6.45, 7) is 0.287. The number of carboxylic acid groups (broad SMARTS) is 1. The van der Waals surface area contributed by atoms with E-state index in [0.29, 0.717) is 0 Å². The van der Waals surface area contributed by atoms with Crippen LogP contribution in [0.25, 0.3) is 0 Å². The SMILES string of the molecule is F[P-](F)(F)(F)(F)F.NCC[C@H](N)C(=O)[O-].[Ru+4].c1ccccc1. The van der Waals surface area contributed by atoms with E-state index in [1.165, 1.54) is 0 Å². The number of rotatable bonds is 3. The Bertz CT molecular complexity index is 379. The topological polar surface area (TPSA) is 92.2 Å².